The second-order valence-electron chi connectivity index (χ2n) is 2.39. The van der Waals surface area contributed by atoms with Gasteiger partial charge in [-0.05, 0) is 22.9 Å². The Labute approximate surface area is 78.7 Å². The molecule has 0 spiro atoms. The summed E-state index contributed by atoms with van der Waals surface area (Å²) in [6.07, 6.45) is 4.22. The van der Waals surface area contributed by atoms with Gasteiger partial charge in [0.2, 0.25) is 0 Å². The highest BCUT2D eigenvalue weighted by Gasteiger charge is 2.06. The Kier molecular flexibility index (Phi) is 2.23. The van der Waals surface area contributed by atoms with Gasteiger partial charge in [0.25, 0.3) is 0 Å². The zero-order valence-corrected chi connectivity index (χ0v) is 8.44. The minimum atomic E-state index is -0.148. The van der Waals surface area contributed by atoms with Gasteiger partial charge in [0.05, 0.1) is 11.3 Å². The summed E-state index contributed by atoms with van der Waals surface area (Å²) in [6, 6.07) is 4.18. The maximum atomic E-state index is 5.14. The molecule has 0 bridgehead atoms. The fourth-order valence-corrected chi connectivity index (χ4v) is 3.87. The quantitative estimate of drug-likeness (QED) is 0.718. The second-order valence-corrected chi connectivity index (χ2v) is 5.63. The number of thiol groups is 1. The smallest absolute Gasteiger partial charge is 0.174 e. The van der Waals surface area contributed by atoms with Crippen LogP contribution in [0.25, 0.3) is 0 Å². The van der Waals surface area contributed by atoms with Crippen molar-refractivity contribution in [1.82, 2.24) is 0 Å². The molecule has 1 aliphatic rings. The lowest BCUT2D eigenvalue weighted by Crippen LogP contribution is -1.73. The molecule has 2 rings (SSSR count). The minimum absolute atomic E-state index is 0.148. The van der Waals surface area contributed by atoms with Crippen LogP contribution in [0, 0.1) is 0 Å². The molecule has 64 valence electrons. The maximum Gasteiger partial charge on any atom is 0.174 e. The van der Waals surface area contributed by atoms with Crippen LogP contribution in [0.1, 0.15) is 0 Å². The number of rotatable bonds is 2. The predicted octanol–water partition coefficient (Wildman–Crippen LogP) is 3.16. The van der Waals surface area contributed by atoms with Crippen molar-refractivity contribution < 1.29 is 4.74 Å². The molecular weight excluding hydrogens is 188 g/mol. The van der Waals surface area contributed by atoms with Crippen molar-refractivity contribution in [3.05, 3.63) is 35.1 Å². The second kappa shape index (κ2) is 3.37. The molecular formula is C9H10OS2. The molecule has 0 fully saturated rings. The summed E-state index contributed by atoms with van der Waals surface area (Å²) in [6.45, 7) is 0. The first-order valence-corrected chi connectivity index (χ1v) is 5.97. The summed E-state index contributed by atoms with van der Waals surface area (Å²) in [5.74, 6) is 0. The third-order valence-electron chi connectivity index (χ3n) is 1.63. The molecule has 0 amide bonds. The third kappa shape index (κ3) is 1.42. The molecule has 1 aromatic heterocycles. The van der Waals surface area contributed by atoms with Crippen LogP contribution in [-0.2, 0) is 0 Å². The van der Waals surface area contributed by atoms with Gasteiger partial charge in [-0.15, -0.1) is 0 Å². The Morgan fingerprint density at radius 1 is 1.25 bits per heavy atom. The molecule has 12 heavy (non-hydrogen) atoms. The van der Waals surface area contributed by atoms with Crippen LogP contribution in [0.2, 0.25) is 0 Å². The van der Waals surface area contributed by atoms with E-state index in [1.165, 1.54) is 4.21 Å². The SMILES string of the molecule is COc1ccc([SH]2C=CC=C2)s1. The van der Waals surface area contributed by atoms with E-state index in [-0.39, 0.29) is 10.9 Å². The van der Waals surface area contributed by atoms with Crippen molar-refractivity contribution in [3.8, 4) is 5.06 Å². The average molecular weight is 198 g/mol. The van der Waals surface area contributed by atoms with Crippen LogP contribution >= 0.6 is 22.2 Å². The molecule has 0 atom stereocenters. The molecule has 0 radical (unpaired) electrons. The van der Waals surface area contributed by atoms with Crippen molar-refractivity contribution in [2.45, 2.75) is 4.21 Å². The summed E-state index contributed by atoms with van der Waals surface area (Å²) >= 11 is 1.73. The molecule has 0 aromatic carbocycles. The van der Waals surface area contributed by atoms with E-state index in [1.807, 2.05) is 6.07 Å². The fraction of sp³-hybridized carbons (Fsp3) is 0.111. The van der Waals surface area contributed by atoms with Gasteiger partial charge < -0.3 is 4.74 Å². The van der Waals surface area contributed by atoms with Gasteiger partial charge in [-0.25, -0.2) is 0 Å². The van der Waals surface area contributed by atoms with Gasteiger partial charge in [0, 0.05) is 0 Å². The van der Waals surface area contributed by atoms with E-state index in [2.05, 4.69) is 29.0 Å². The van der Waals surface area contributed by atoms with E-state index in [1.54, 1.807) is 18.4 Å². The topological polar surface area (TPSA) is 9.23 Å². The van der Waals surface area contributed by atoms with Crippen molar-refractivity contribution in [3.63, 3.8) is 0 Å². The highest BCUT2D eigenvalue weighted by molar-refractivity contribution is 8.23. The minimum Gasteiger partial charge on any atom is -0.487 e. The predicted molar refractivity (Wildman–Crippen MR) is 56.4 cm³/mol. The van der Waals surface area contributed by atoms with Crippen LogP contribution in [-0.4, -0.2) is 7.11 Å². The first-order chi connectivity index (χ1) is 5.90. The fourth-order valence-electron chi connectivity index (χ4n) is 1.04. The van der Waals surface area contributed by atoms with E-state index >= 15 is 0 Å². The Morgan fingerprint density at radius 3 is 2.58 bits per heavy atom. The van der Waals surface area contributed by atoms with Gasteiger partial charge in [-0.2, -0.15) is 10.9 Å². The number of hydrogen-bond acceptors (Lipinski definition) is 2. The monoisotopic (exact) mass is 198 g/mol. The Hall–Kier alpha value is -0.670. The van der Waals surface area contributed by atoms with Gasteiger partial charge in [-0.1, -0.05) is 23.5 Å². The lowest BCUT2D eigenvalue weighted by molar-refractivity contribution is 0.427. The first-order valence-electron chi connectivity index (χ1n) is 3.67. The molecule has 0 aliphatic carbocycles. The Bertz CT molecular complexity index is 313. The van der Waals surface area contributed by atoms with Crippen molar-refractivity contribution in [2.75, 3.05) is 7.11 Å². The molecule has 0 saturated heterocycles. The molecule has 0 unspecified atom stereocenters. The molecule has 0 saturated carbocycles. The van der Waals surface area contributed by atoms with Crippen molar-refractivity contribution in [2.24, 2.45) is 0 Å². The normalized spacial score (nSPS) is 17.2. The van der Waals surface area contributed by atoms with E-state index in [4.69, 9.17) is 4.74 Å². The lowest BCUT2D eigenvalue weighted by atomic mass is 10.6. The zero-order valence-electron chi connectivity index (χ0n) is 6.73. The van der Waals surface area contributed by atoms with E-state index in [0.717, 1.165) is 5.06 Å². The standard InChI is InChI=1S/C9H10OS2/c1-10-8-4-5-9(11-8)12-6-2-3-7-12/h2-7,12H,1H3. The maximum absolute atomic E-state index is 5.14. The Morgan fingerprint density at radius 2 is 2.00 bits per heavy atom. The van der Waals surface area contributed by atoms with Crippen LogP contribution in [0.4, 0.5) is 0 Å². The summed E-state index contributed by atoms with van der Waals surface area (Å²) in [4.78, 5) is 0. The summed E-state index contributed by atoms with van der Waals surface area (Å²) < 4.78 is 6.54. The summed E-state index contributed by atoms with van der Waals surface area (Å²) in [5, 5.41) is 5.50. The summed E-state index contributed by atoms with van der Waals surface area (Å²) in [7, 11) is 1.56. The Balaban J connectivity index is 2.22. The van der Waals surface area contributed by atoms with Gasteiger partial charge in [-0.3, -0.25) is 0 Å². The van der Waals surface area contributed by atoms with Crippen LogP contribution in [0.15, 0.2) is 39.3 Å². The first kappa shape index (κ1) is 7.95. The van der Waals surface area contributed by atoms with Crippen molar-refractivity contribution >= 4 is 22.2 Å². The lowest BCUT2D eigenvalue weighted by Gasteiger charge is -2.04. The molecule has 1 aromatic rings. The van der Waals surface area contributed by atoms with Gasteiger partial charge in [0.15, 0.2) is 5.06 Å². The number of methoxy groups -OCH3 is 1. The van der Waals surface area contributed by atoms with E-state index in [9.17, 15) is 0 Å². The molecule has 2 heterocycles. The van der Waals surface area contributed by atoms with E-state index < -0.39 is 0 Å². The molecule has 1 aliphatic heterocycles. The largest absolute Gasteiger partial charge is 0.487 e. The highest BCUT2D eigenvalue weighted by atomic mass is 32.2. The summed E-state index contributed by atoms with van der Waals surface area (Å²) in [5.41, 5.74) is 0. The van der Waals surface area contributed by atoms with Crippen LogP contribution in [0.5, 0.6) is 5.06 Å². The average Bonchev–Trinajstić information content (AvgIpc) is 2.75. The third-order valence-corrected chi connectivity index (χ3v) is 5.03. The molecule has 1 nitrogen and oxygen atoms in total. The van der Waals surface area contributed by atoms with Crippen LogP contribution in [0.3, 0.4) is 0 Å². The highest BCUT2D eigenvalue weighted by Crippen LogP contribution is 2.47. The van der Waals surface area contributed by atoms with Gasteiger partial charge >= 0.3 is 0 Å². The van der Waals surface area contributed by atoms with E-state index in [0.29, 0.717) is 0 Å². The number of hydrogen-bond donors (Lipinski definition) is 1. The number of allylic oxidation sites excluding steroid dienone is 2. The molecule has 3 heteroatoms. The number of thiophene rings is 1. The molecule has 0 N–H and O–H groups in total. The zero-order chi connectivity index (χ0) is 8.39. The van der Waals surface area contributed by atoms with Gasteiger partial charge in [0.1, 0.15) is 0 Å². The van der Waals surface area contributed by atoms with Crippen LogP contribution < -0.4 is 4.74 Å². The van der Waals surface area contributed by atoms with Crippen molar-refractivity contribution in [1.29, 1.82) is 0 Å². The number of ether oxygens (including phenoxy) is 1.